The van der Waals surface area contributed by atoms with Crippen LogP contribution in [0.5, 0.6) is 0 Å². The molecule has 1 fully saturated rings. The normalized spacial score (nSPS) is 18.2. The molecule has 2 nitrogen and oxygen atoms in total. The van der Waals surface area contributed by atoms with Crippen LogP contribution in [-0.4, -0.2) is 24.3 Å². The number of aliphatic hydroxyl groups excluding tert-OH is 1. The second kappa shape index (κ2) is 4.49. The smallest absolute Gasteiger partial charge is 0.147 e. The SMILES string of the molecule is OC1CCN(c2ccc(Br)cc2F)CC1. The summed E-state index contributed by atoms with van der Waals surface area (Å²) in [5.41, 5.74) is 0.630. The number of anilines is 1. The molecule has 0 saturated carbocycles. The molecule has 1 saturated heterocycles. The van der Waals surface area contributed by atoms with E-state index in [1.165, 1.54) is 6.07 Å². The lowest BCUT2D eigenvalue weighted by molar-refractivity contribution is 0.145. The third-order valence-electron chi connectivity index (χ3n) is 2.71. The molecule has 0 amide bonds. The Balaban J connectivity index is 2.15. The molecule has 0 radical (unpaired) electrons. The number of benzene rings is 1. The van der Waals surface area contributed by atoms with Gasteiger partial charge in [0.1, 0.15) is 5.82 Å². The molecule has 0 aromatic heterocycles. The maximum absolute atomic E-state index is 13.6. The Kier molecular flexibility index (Phi) is 3.26. The van der Waals surface area contributed by atoms with Crippen LogP contribution in [-0.2, 0) is 0 Å². The van der Waals surface area contributed by atoms with E-state index in [4.69, 9.17) is 0 Å². The summed E-state index contributed by atoms with van der Waals surface area (Å²) < 4.78 is 14.3. The van der Waals surface area contributed by atoms with Crippen molar-refractivity contribution < 1.29 is 9.50 Å². The van der Waals surface area contributed by atoms with Crippen molar-refractivity contribution in [2.24, 2.45) is 0 Å². The molecule has 82 valence electrons. The molecule has 0 bridgehead atoms. The molecule has 0 spiro atoms. The fourth-order valence-electron chi connectivity index (χ4n) is 1.84. The Morgan fingerprint density at radius 2 is 2.00 bits per heavy atom. The number of halogens is 2. The quantitative estimate of drug-likeness (QED) is 0.850. The van der Waals surface area contributed by atoms with Crippen LogP contribution in [0.3, 0.4) is 0 Å². The predicted molar refractivity (Wildman–Crippen MR) is 61.6 cm³/mol. The van der Waals surface area contributed by atoms with Crippen LogP contribution in [0.2, 0.25) is 0 Å². The first-order chi connectivity index (χ1) is 7.16. The van der Waals surface area contributed by atoms with Crippen LogP contribution < -0.4 is 4.90 Å². The summed E-state index contributed by atoms with van der Waals surface area (Å²) in [6, 6.07) is 5.08. The van der Waals surface area contributed by atoms with Crippen LogP contribution in [0.15, 0.2) is 22.7 Å². The number of hydrogen-bond acceptors (Lipinski definition) is 2. The van der Waals surface area contributed by atoms with Crippen LogP contribution in [0.1, 0.15) is 12.8 Å². The summed E-state index contributed by atoms with van der Waals surface area (Å²) in [4.78, 5) is 1.98. The fraction of sp³-hybridized carbons (Fsp3) is 0.455. The van der Waals surface area contributed by atoms with E-state index in [2.05, 4.69) is 15.9 Å². The molecule has 1 aliphatic heterocycles. The summed E-state index contributed by atoms with van der Waals surface area (Å²) in [7, 11) is 0. The standard InChI is InChI=1S/C11H13BrFNO/c12-8-1-2-11(10(13)7-8)14-5-3-9(15)4-6-14/h1-2,7,9,15H,3-6H2. The molecule has 0 aliphatic carbocycles. The molecule has 1 aromatic carbocycles. The molecule has 0 atom stereocenters. The average molecular weight is 274 g/mol. The first-order valence-electron chi connectivity index (χ1n) is 5.05. The molecule has 4 heteroatoms. The number of rotatable bonds is 1. The largest absolute Gasteiger partial charge is 0.393 e. The Morgan fingerprint density at radius 3 is 2.60 bits per heavy atom. The summed E-state index contributed by atoms with van der Waals surface area (Å²) in [5, 5.41) is 9.36. The molecular formula is C11H13BrFNO. The van der Waals surface area contributed by atoms with Crippen molar-refractivity contribution in [2.45, 2.75) is 18.9 Å². The van der Waals surface area contributed by atoms with Gasteiger partial charge in [0, 0.05) is 17.6 Å². The van der Waals surface area contributed by atoms with Gasteiger partial charge in [-0.15, -0.1) is 0 Å². The van der Waals surface area contributed by atoms with Crippen molar-refractivity contribution in [2.75, 3.05) is 18.0 Å². The highest BCUT2D eigenvalue weighted by molar-refractivity contribution is 9.10. The predicted octanol–water partition coefficient (Wildman–Crippen LogP) is 2.55. The lowest BCUT2D eigenvalue weighted by atomic mass is 10.1. The second-order valence-corrected chi connectivity index (χ2v) is 4.73. The number of hydrogen-bond donors (Lipinski definition) is 1. The third-order valence-corrected chi connectivity index (χ3v) is 3.21. The minimum Gasteiger partial charge on any atom is -0.393 e. The van der Waals surface area contributed by atoms with Crippen molar-refractivity contribution in [1.82, 2.24) is 0 Å². The van der Waals surface area contributed by atoms with E-state index in [9.17, 15) is 9.50 Å². The fourth-order valence-corrected chi connectivity index (χ4v) is 2.18. The summed E-state index contributed by atoms with van der Waals surface area (Å²) in [6.45, 7) is 1.44. The summed E-state index contributed by atoms with van der Waals surface area (Å²) in [6.07, 6.45) is 1.21. The van der Waals surface area contributed by atoms with Gasteiger partial charge < -0.3 is 10.0 Å². The molecule has 1 aliphatic rings. The molecule has 1 aromatic rings. The van der Waals surface area contributed by atoms with Crippen LogP contribution in [0.4, 0.5) is 10.1 Å². The highest BCUT2D eigenvalue weighted by Gasteiger charge is 2.19. The maximum Gasteiger partial charge on any atom is 0.147 e. The van der Waals surface area contributed by atoms with Crippen LogP contribution in [0, 0.1) is 5.82 Å². The van der Waals surface area contributed by atoms with Crippen molar-refractivity contribution >= 4 is 21.6 Å². The van der Waals surface area contributed by atoms with E-state index < -0.39 is 0 Å². The maximum atomic E-state index is 13.6. The highest BCUT2D eigenvalue weighted by atomic mass is 79.9. The van der Waals surface area contributed by atoms with Gasteiger partial charge >= 0.3 is 0 Å². The van der Waals surface area contributed by atoms with E-state index >= 15 is 0 Å². The van der Waals surface area contributed by atoms with Crippen molar-refractivity contribution in [1.29, 1.82) is 0 Å². The Bertz CT molecular complexity index is 350. The first-order valence-corrected chi connectivity index (χ1v) is 5.84. The molecule has 1 heterocycles. The summed E-state index contributed by atoms with van der Waals surface area (Å²) in [5.74, 6) is -0.208. The zero-order valence-electron chi connectivity index (χ0n) is 8.29. The lowest BCUT2D eigenvalue weighted by Crippen LogP contribution is -2.36. The van der Waals surface area contributed by atoms with Gasteiger partial charge in [0.05, 0.1) is 11.8 Å². The molecule has 0 unspecified atom stereocenters. The van der Waals surface area contributed by atoms with E-state index in [-0.39, 0.29) is 11.9 Å². The highest BCUT2D eigenvalue weighted by Crippen LogP contribution is 2.25. The van der Waals surface area contributed by atoms with Crippen LogP contribution in [0.25, 0.3) is 0 Å². The van der Waals surface area contributed by atoms with E-state index in [0.717, 1.165) is 30.4 Å². The topological polar surface area (TPSA) is 23.5 Å². The van der Waals surface area contributed by atoms with E-state index in [1.54, 1.807) is 6.07 Å². The second-order valence-electron chi connectivity index (χ2n) is 3.81. The number of aliphatic hydroxyl groups is 1. The first kappa shape index (κ1) is 10.9. The van der Waals surface area contributed by atoms with Gasteiger partial charge in [0.25, 0.3) is 0 Å². The average Bonchev–Trinajstić information content (AvgIpc) is 2.20. The van der Waals surface area contributed by atoms with Gasteiger partial charge in [0.2, 0.25) is 0 Å². The number of nitrogens with zero attached hydrogens (tertiary/aromatic N) is 1. The van der Waals surface area contributed by atoms with Gasteiger partial charge in [-0.1, -0.05) is 15.9 Å². The van der Waals surface area contributed by atoms with Crippen LogP contribution >= 0.6 is 15.9 Å². The van der Waals surface area contributed by atoms with Crippen molar-refractivity contribution in [3.05, 3.63) is 28.5 Å². The Hall–Kier alpha value is -0.610. The van der Waals surface area contributed by atoms with Gasteiger partial charge in [-0.2, -0.15) is 0 Å². The Labute approximate surface area is 96.8 Å². The minimum atomic E-state index is -0.222. The van der Waals surface area contributed by atoms with Crippen molar-refractivity contribution in [3.63, 3.8) is 0 Å². The minimum absolute atomic E-state index is 0.208. The third kappa shape index (κ3) is 2.49. The van der Waals surface area contributed by atoms with Gasteiger partial charge in [-0.3, -0.25) is 0 Å². The summed E-state index contributed by atoms with van der Waals surface area (Å²) >= 11 is 3.23. The molecule has 15 heavy (non-hydrogen) atoms. The van der Waals surface area contributed by atoms with E-state index in [0.29, 0.717) is 5.69 Å². The zero-order chi connectivity index (χ0) is 10.8. The monoisotopic (exact) mass is 273 g/mol. The molecule has 2 rings (SSSR count). The van der Waals surface area contributed by atoms with Gasteiger partial charge in [-0.05, 0) is 31.0 Å². The van der Waals surface area contributed by atoms with Crippen molar-refractivity contribution in [3.8, 4) is 0 Å². The Morgan fingerprint density at radius 1 is 1.33 bits per heavy atom. The van der Waals surface area contributed by atoms with Gasteiger partial charge in [0.15, 0.2) is 0 Å². The molecular weight excluding hydrogens is 261 g/mol. The van der Waals surface area contributed by atoms with Gasteiger partial charge in [-0.25, -0.2) is 4.39 Å². The molecule has 1 N–H and O–H groups in total. The van der Waals surface area contributed by atoms with E-state index in [1.807, 2.05) is 11.0 Å². The lowest BCUT2D eigenvalue weighted by Gasteiger charge is -2.31. The zero-order valence-corrected chi connectivity index (χ0v) is 9.87. The number of piperidine rings is 1.